The number of ketones is 1. The lowest BCUT2D eigenvalue weighted by atomic mass is 9.79. The Labute approximate surface area is 148 Å². The van der Waals surface area contributed by atoms with E-state index in [1.54, 1.807) is 0 Å². The summed E-state index contributed by atoms with van der Waals surface area (Å²) in [5.74, 6) is -9.06. The predicted molar refractivity (Wildman–Crippen MR) is 77.3 cm³/mol. The number of hydrogen-bond donors (Lipinski definition) is 1. The number of alkyl halides is 6. The Balaban J connectivity index is 3.66. The van der Waals surface area contributed by atoms with Gasteiger partial charge < -0.3 is 10.1 Å². The van der Waals surface area contributed by atoms with Crippen LogP contribution in [0, 0.1) is 5.92 Å². The van der Waals surface area contributed by atoms with Crippen molar-refractivity contribution < 1.29 is 45.5 Å². The Morgan fingerprint density at radius 2 is 1.70 bits per heavy atom. The zero-order chi connectivity index (χ0) is 21.0. The topological polar surface area (TPSA) is 85.4 Å². The molecule has 27 heavy (non-hydrogen) atoms. The Bertz CT molecular complexity index is 688. The Morgan fingerprint density at radius 3 is 2.07 bits per heavy atom. The van der Waals surface area contributed by atoms with Crippen LogP contribution in [-0.4, -0.2) is 47.1 Å². The molecule has 0 aliphatic heterocycles. The third-order valence-corrected chi connectivity index (χ3v) is 3.49. The number of rotatable bonds is 6. The maximum absolute atomic E-state index is 13.6. The summed E-state index contributed by atoms with van der Waals surface area (Å²) in [6, 6.07) is 2.01. The molecule has 0 radical (unpaired) electrons. The van der Waals surface area contributed by atoms with Gasteiger partial charge in [-0.15, -0.1) is 0 Å². The van der Waals surface area contributed by atoms with E-state index in [2.05, 4.69) is 9.72 Å². The highest BCUT2D eigenvalue weighted by Crippen LogP contribution is 2.48. The predicted octanol–water partition coefficient (Wildman–Crippen LogP) is 2.44. The van der Waals surface area contributed by atoms with Crippen LogP contribution in [0.3, 0.4) is 0 Å². The number of nitrogens with zero attached hydrogens (tertiary/aromatic N) is 1. The Morgan fingerprint density at radius 1 is 1.15 bits per heavy atom. The highest BCUT2D eigenvalue weighted by molar-refractivity contribution is 6.02. The Hall–Kier alpha value is -2.66. The molecule has 6 nitrogen and oxygen atoms in total. The minimum Gasteiger partial charge on any atom is -0.465 e. The second-order valence-corrected chi connectivity index (χ2v) is 5.30. The first-order valence-electron chi connectivity index (χ1n) is 7.32. The maximum atomic E-state index is 13.6. The van der Waals surface area contributed by atoms with Crippen molar-refractivity contribution in [1.82, 2.24) is 10.3 Å². The number of Topliss-reactive ketones (excluding diaryl/α,β-unsaturated/α-hetero) is 1. The van der Waals surface area contributed by atoms with Crippen LogP contribution >= 0.6 is 0 Å². The van der Waals surface area contributed by atoms with Gasteiger partial charge in [0.2, 0.25) is 0 Å². The number of esters is 1. The quantitative estimate of drug-likeness (QED) is 0.451. The van der Waals surface area contributed by atoms with Gasteiger partial charge in [0, 0.05) is 12.4 Å². The fraction of sp³-hybridized carbons (Fsp3) is 0.467. The molecule has 1 rings (SSSR count). The summed E-state index contributed by atoms with van der Waals surface area (Å²) < 4.78 is 86.1. The van der Waals surface area contributed by atoms with Crippen molar-refractivity contribution in [2.24, 2.45) is 5.92 Å². The number of pyridine rings is 1. The van der Waals surface area contributed by atoms with Crippen molar-refractivity contribution in [3.63, 3.8) is 0 Å². The number of nitrogens with one attached hydrogen (secondary N) is 1. The first kappa shape index (κ1) is 22.4. The van der Waals surface area contributed by atoms with Crippen molar-refractivity contribution in [2.45, 2.75) is 31.7 Å². The molecule has 0 fully saturated rings. The first-order chi connectivity index (χ1) is 12.3. The zero-order valence-electron chi connectivity index (χ0n) is 13.9. The van der Waals surface area contributed by atoms with E-state index in [4.69, 9.17) is 0 Å². The van der Waals surface area contributed by atoms with Crippen LogP contribution in [0.25, 0.3) is 0 Å². The summed E-state index contributed by atoms with van der Waals surface area (Å²) in [5, 5.41) is 0.797. The SMILES string of the molecule is CCOC(=O)C(C(C)=O)C(NC(=O)c1cccnc1)(C(F)(F)F)C(F)(F)F. The molecule has 0 bridgehead atoms. The average molecular weight is 400 g/mol. The summed E-state index contributed by atoms with van der Waals surface area (Å²) in [4.78, 5) is 39.0. The fourth-order valence-corrected chi connectivity index (χ4v) is 2.32. The number of aromatic nitrogens is 1. The van der Waals surface area contributed by atoms with E-state index in [9.17, 15) is 40.7 Å². The van der Waals surface area contributed by atoms with Crippen molar-refractivity contribution >= 4 is 17.7 Å². The minimum atomic E-state index is -6.26. The molecular formula is C15H14F6N2O4. The number of carbonyl (C=O) groups is 3. The van der Waals surface area contributed by atoms with Crippen molar-refractivity contribution in [1.29, 1.82) is 0 Å². The lowest BCUT2D eigenvalue weighted by Crippen LogP contribution is -2.74. The van der Waals surface area contributed by atoms with Crippen LogP contribution in [-0.2, 0) is 14.3 Å². The third kappa shape index (κ3) is 4.37. The molecule has 0 aromatic carbocycles. The summed E-state index contributed by atoms with van der Waals surface area (Å²) in [6.45, 7) is 0.918. The molecule has 1 amide bonds. The van der Waals surface area contributed by atoms with E-state index in [-0.39, 0.29) is 0 Å². The number of carbonyl (C=O) groups excluding carboxylic acids is 3. The largest absolute Gasteiger partial charge is 0.465 e. The van der Waals surface area contributed by atoms with Gasteiger partial charge in [-0.1, -0.05) is 0 Å². The molecule has 12 heteroatoms. The van der Waals surface area contributed by atoms with Crippen molar-refractivity contribution in [3.8, 4) is 0 Å². The number of ether oxygens (including phenoxy) is 1. The van der Waals surface area contributed by atoms with Gasteiger partial charge in [0.15, 0.2) is 5.92 Å². The lowest BCUT2D eigenvalue weighted by Gasteiger charge is -2.41. The fourth-order valence-electron chi connectivity index (χ4n) is 2.32. The molecule has 1 N–H and O–H groups in total. The molecule has 0 saturated heterocycles. The van der Waals surface area contributed by atoms with Crippen LogP contribution < -0.4 is 5.32 Å². The molecule has 1 atom stereocenters. The van der Waals surface area contributed by atoms with Gasteiger partial charge in [-0.3, -0.25) is 19.4 Å². The highest BCUT2D eigenvalue weighted by atomic mass is 19.4. The van der Waals surface area contributed by atoms with E-state index >= 15 is 0 Å². The van der Waals surface area contributed by atoms with E-state index in [1.165, 1.54) is 0 Å². The van der Waals surface area contributed by atoms with Gasteiger partial charge in [0.05, 0.1) is 12.2 Å². The second-order valence-electron chi connectivity index (χ2n) is 5.30. The van der Waals surface area contributed by atoms with Crippen LogP contribution in [0.2, 0.25) is 0 Å². The van der Waals surface area contributed by atoms with Crippen molar-refractivity contribution in [3.05, 3.63) is 30.1 Å². The number of halogens is 6. The van der Waals surface area contributed by atoms with Gasteiger partial charge in [0.1, 0.15) is 5.78 Å². The average Bonchev–Trinajstić information content (AvgIpc) is 2.52. The minimum absolute atomic E-state index is 0.365. The standard InChI is InChI=1S/C15H14F6N2O4/c1-3-27-12(26)10(8(2)24)13(14(16,17)18,15(19,20)21)23-11(25)9-5-4-6-22-7-9/h4-7,10H,3H2,1-2H3,(H,23,25). The molecule has 1 heterocycles. The summed E-state index contributed by atoms with van der Waals surface area (Å²) >= 11 is 0. The molecule has 0 aliphatic carbocycles. The summed E-state index contributed by atoms with van der Waals surface area (Å²) in [7, 11) is 0. The summed E-state index contributed by atoms with van der Waals surface area (Å²) in [5.41, 5.74) is -5.83. The van der Waals surface area contributed by atoms with Crippen LogP contribution in [0.15, 0.2) is 24.5 Å². The van der Waals surface area contributed by atoms with Crippen LogP contribution in [0.5, 0.6) is 0 Å². The van der Waals surface area contributed by atoms with Crippen LogP contribution in [0.4, 0.5) is 26.3 Å². The van der Waals surface area contributed by atoms with E-state index in [1.807, 2.05) is 0 Å². The number of hydrogen-bond acceptors (Lipinski definition) is 5. The molecular weight excluding hydrogens is 386 g/mol. The normalized spacial score (nSPS) is 13.6. The lowest BCUT2D eigenvalue weighted by molar-refractivity contribution is -0.315. The van der Waals surface area contributed by atoms with Crippen molar-refractivity contribution in [2.75, 3.05) is 6.61 Å². The molecule has 0 spiro atoms. The van der Waals surface area contributed by atoms with Gasteiger partial charge in [-0.25, -0.2) is 0 Å². The molecule has 0 aliphatic rings. The summed E-state index contributed by atoms with van der Waals surface area (Å²) in [6.07, 6.45) is -10.7. The van der Waals surface area contributed by atoms with Crippen LogP contribution in [0.1, 0.15) is 24.2 Å². The molecule has 1 aromatic heterocycles. The molecule has 1 unspecified atom stereocenters. The monoisotopic (exact) mass is 400 g/mol. The second kappa shape index (κ2) is 7.92. The van der Waals surface area contributed by atoms with E-state index < -0.39 is 53.6 Å². The molecule has 150 valence electrons. The maximum Gasteiger partial charge on any atom is 0.421 e. The zero-order valence-corrected chi connectivity index (χ0v) is 13.9. The van der Waals surface area contributed by atoms with E-state index in [0.29, 0.717) is 6.92 Å². The number of amides is 1. The van der Waals surface area contributed by atoms with Gasteiger partial charge >= 0.3 is 18.3 Å². The highest BCUT2D eigenvalue weighted by Gasteiger charge is 2.78. The van der Waals surface area contributed by atoms with Gasteiger partial charge in [0.25, 0.3) is 11.4 Å². The first-order valence-corrected chi connectivity index (χ1v) is 7.32. The van der Waals surface area contributed by atoms with Gasteiger partial charge in [-0.05, 0) is 26.0 Å². The molecule has 0 saturated carbocycles. The van der Waals surface area contributed by atoms with Gasteiger partial charge in [-0.2, -0.15) is 26.3 Å². The van der Waals surface area contributed by atoms with E-state index in [0.717, 1.165) is 36.8 Å². The smallest absolute Gasteiger partial charge is 0.421 e. The third-order valence-electron chi connectivity index (χ3n) is 3.49. The molecule has 1 aromatic rings. The Kier molecular flexibility index (Phi) is 6.57.